The molecule has 0 saturated carbocycles. The molecule has 0 unspecified atom stereocenters. The van der Waals surface area contributed by atoms with Gasteiger partial charge in [-0.15, -0.1) is 10.2 Å². The normalized spacial score (nSPS) is 11.0. The Labute approximate surface area is 209 Å². The number of unbranched alkanes of at least 4 members (excludes halogenated alkanes) is 4. The molecule has 4 aromatic rings. The van der Waals surface area contributed by atoms with E-state index >= 15 is 0 Å². The highest BCUT2D eigenvalue weighted by molar-refractivity contribution is 7.17. The summed E-state index contributed by atoms with van der Waals surface area (Å²) in [5.74, 6) is -0.361. The second-order valence-corrected chi connectivity index (χ2v) is 9.27. The Balaban J connectivity index is 1.34. The molecule has 0 atom stereocenters. The fourth-order valence-corrected chi connectivity index (χ4v) is 4.46. The minimum Gasteiger partial charge on any atom is -0.465 e. The minimum atomic E-state index is -0.361. The van der Waals surface area contributed by atoms with Crippen LogP contribution in [0.3, 0.4) is 0 Å². The van der Waals surface area contributed by atoms with Gasteiger partial charge >= 0.3 is 5.97 Å². The van der Waals surface area contributed by atoms with Gasteiger partial charge in [-0.2, -0.15) is 5.10 Å². The van der Waals surface area contributed by atoms with Crippen LogP contribution in [0.25, 0.3) is 26.8 Å². The van der Waals surface area contributed by atoms with Crippen molar-refractivity contribution in [1.82, 2.24) is 20.0 Å². The lowest BCUT2D eigenvalue weighted by molar-refractivity contribution is 0.0600. The SMILES string of the molecule is CCCCCCCOCc1ccc(-n2cc(-c3nnc(-c4ccc(C(=O)OC)cc4)s3)cn2)cc1. The average molecular weight is 491 g/mol. The lowest BCUT2D eigenvalue weighted by Crippen LogP contribution is -2.00. The summed E-state index contributed by atoms with van der Waals surface area (Å²) in [5, 5.41) is 14.7. The Kier molecular flexibility index (Phi) is 8.75. The highest BCUT2D eigenvalue weighted by Gasteiger charge is 2.12. The van der Waals surface area contributed by atoms with E-state index in [1.165, 1.54) is 44.1 Å². The van der Waals surface area contributed by atoms with Crippen LogP contribution in [0, 0.1) is 0 Å². The number of carbonyl (C=O) groups is 1. The first-order valence-corrected chi connectivity index (χ1v) is 12.7. The maximum atomic E-state index is 11.6. The molecule has 0 fully saturated rings. The first kappa shape index (κ1) is 24.8. The number of carbonyl (C=O) groups excluding carboxylic acids is 1. The monoisotopic (exact) mass is 490 g/mol. The molecule has 35 heavy (non-hydrogen) atoms. The number of nitrogens with zero attached hydrogens (tertiary/aromatic N) is 4. The molecule has 4 rings (SSSR count). The van der Waals surface area contributed by atoms with Crippen molar-refractivity contribution in [2.45, 2.75) is 45.6 Å². The molecule has 0 aliphatic rings. The molecule has 7 nitrogen and oxygen atoms in total. The van der Waals surface area contributed by atoms with E-state index in [4.69, 9.17) is 9.47 Å². The molecule has 0 spiro atoms. The molecule has 0 aliphatic carbocycles. The van der Waals surface area contributed by atoms with Gasteiger partial charge in [-0.3, -0.25) is 0 Å². The standard InChI is InChI=1S/C27H30N4O3S/c1-3-4-5-6-7-16-34-19-20-8-14-24(15-9-20)31-18-23(17-28-31)26-30-29-25(35-26)21-10-12-22(13-11-21)27(32)33-2/h8-15,17-18H,3-7,16,19H2,1-2H3. The Morgan fingerprint density at radius 3 is 2.34 bits per heavy atom. The third-order valence-corrected chi connectivity index (χ3v) is 6.69. The number of ether oxygens (including phenoxy) is 2. The van der Waals surface area contributed by atoms with Crippen LogP contribution in [0.4, 0.5) is 0 Å². The summed E-state index contributed by atoms with van der Waals surface area (Å²) in [6.45, 7) is 3.67. The van der Waals surface area contributed by atoms with E-state index in [0.717, 1.165) is 45.4 Å². The van der Waals surface area contributed by atoms with Crippen LogP contribution in [-0.2, 0) is 16.1 Å². The predicted octanol–water partition coefficient (Wildman–Crippen LogP) is 6.33. The zero-order valence-electron chi connectivity index (χ0n) is 20.1. The first-order chi connectivity index (χ1) is 17.2. The van der Waals surface area contributed by atoms with Crippen LogP contribution in [0.2, 0.25) is 0 Å². The smallest absolute Gasteiger partial charge is 0.337 e. The predicted molar refractivity (Wildman–Crippen MR) is 138 cm³/mol. The van der Waals surface area contributed by atoms with E-state index in [9.17, 15) is 4.79 Å². The van der Waals surface area contributed by atoms with Gasteiger partial charge in [-0.1, -0.05) is 68.2 Å². The van der Waals surface area contributed by atoms with Crippen molar-refractivity contribution in [2.75, 3.05) is 13.7 Å². The molecule has 182 valence electrons. The van der Waals surface area contributed by atoms with Crippen LogP contribution >= 0.6 is 11.3 Å². The van der Waals surface area contributed by atoms with E-state index in [1.54, 1.807) is 18.3 Å². The molecular weight excluding hydrogens is 460 g/mol. The lowest BCUT2D eigenvalue weighted by Gasteiger charge is -2.06. The first-order valence-electron chi connectivity index (χ1n) is 11.9. The van der Waals surface area contributed by atoms with Gasteiger partial charge in [-0.05, 0) is 36.2 Å². The summed E-state index contributed by atoms with van der Waals surface area (Å²) in [6.07, 6.45) is 9.98. The summed E-state index contributed by atoms with van der Waals surface area (Å²) < 4.78 is 12.4. The van der Waals surface area contributed by atoms with E-state index in [1.807, 2.05) is 35.1 Å². The average Bonchev–Trinajstić information content (AvgIpc) is 3.59. The molecule has 2 aromatic heterocycles. The van der Waals surface area contributed by atoms with Crippen LogP contribution < -0.4 is 0 Å². The Bertz CT molecular complexity index is 1220. The van der Waals surface area contributed by atoms with E-state index in [2.05, 4.69) is 34.4 Å². The van der Waals surface area contributed by atoms with Gasteiger partial charge in [0.25, 0.3) is 0 Å². The van der Waals surface area contributed by atoms with Crippen molar-refractivity contribution in [3.8, 4) is 26.8 Å². The summed E-state index contributed by atoms with van der Waals surface area (Å²) in [5.41, 5.74) is 4.43. The zero-order valence-corrected chi connectivity index (χ0v) is 21.0. The number of hydrogen-bond acceptors (Lipinski definition) is 7. The Hall–Kier alpha value is -3.36. The van der Waals surface area contributed by atoms with Crippen LogP contribution in [0.1, 0.15) is 54.9 Å². The highest BCUT2D eigenvalue weighted by atomic mass is 32.1. The molecular formula is C27H30N4O3S. The fraction of sp³-hybridized carbons (Fsp3) is 0.333. The Morgan fingerprint density at radius 1 is 0.914 bits per heavy atom. The maximum absolute atomic E-state index is 11.6. The molecule has 0 saturated heterocycles. The van der Waals surface area contributed by atoms with Gasteiger partial charge in [0.05, 0.1) is 36.7 Å². The number of methoxy groups -OCH3 is 1. The number of hydrogen-bond donors (Lipinski definition) is 0. The third kappa shape index (κ3) is 6.61. The van der Waals surface area contributed by atoms with E-state index in [-0.39, 0.29) is 5.97 Å². The van der Waals surface area contributed by atoms with Crippen molar-refractivity contribution in [3.05, 3.63) is 72.1 Å². The van der Waals surface area contributed by atoms with E-state index < -0.39 is 0 Å². The summed E-state index contributed by atoms with van der Waals surface area (Å²) >= 11 is 1.48. The van der Waals surface area contributed by atoms with Crippen molar-refractivity contribution in [1.29, 1.82) is 0 Å². The molecule has 0 radical (unpaired) electrons. The lowest BCUT2D eigenvalue weighted by atomic mass is 10.1. The van der Waals surface area contributed by atoms with Crippen molar-refractivity contribution in [3.63, 3.8) is 0 Å². The molecule has 2 aromatic carbocycles. The van der Waals surface area contributed by atoms with E-state index in [0.29, 0.717) is 12.2 Å². The Morgan fingerprint density at radius 2 is 1.63 bits per heavy atom. The van der Waals surface area contributed by atoms with Crippen LogP contribution in [0.15, 0.2) is 60.9 Å². The second-order valence-electron chi connectivity index (χ2n) is 8.29. The highest BCUT2D eigenvalue weighted by Crippen LogP contribution is 2.30. The number of benzene rings is 2. The summed E-state index contributed by atoms with van der Waals surface area (Å²) in [6, 6.07) is 15.4. The number of aromatic nitrogens is 4. The number of esters is 1. The maximum Gasteiger partial charge on any atom is 0.337 e. The van der Waals surface area contributed by atoms with Gasteiger partial charge in [0.15, 0.2) is 5.01 Å². The van der Waals surface area contributed by atoms with Gasteiger partial charge in [-0.25, -0.2) is 9.48 Å². The number of rotatable bonds is 12. The topological polar surface area (TPSA) is 79.1 Å². The van der Waals surface area contributed by atoms with Crippen LogP contribution in [-0.4, -0.2) is 39.7 Å². The van der Waals surface area contributed by atoms with Gasteiger partial charge in [0.2, 0.25) is 0 Å². The largest absolute Gasteiger partial charge is 0.465 e. The zero-order chi connectivity index (χ0) is 24.5. The summed E-state index contributed by atoms with van der Waals surface area (Å²) in [4.78, 5) is 11.6. The quantitative estimate of drug-likeness (QED) is 0.170. The van der Waals surface area contributed by atoms with Gasteiger partial charge in [0.1, 0.15) is 5.01 Å². The summed E-state index contributed by atoms with van der Waals surface area (Å²) in [7, 11) is 1.37. The van der Waals surface area contributed by atoms with Crippen molar-refractivity contribution >= 4 is 17.3 Å². The molecule has 8 heteroatoms. The van der Waals surface area contributed by atoms with Crippen molar-refractivity contribution < 1.29 is 14.3 Å². The fourth-order valence-electron chi connectivity index (χ4n) is 3.64. The minimum absolute atomic E-state index is 0.361. The van der Waals surface area contributed by atoms with Gasteiger partial charge < -0.3 is 9.47 Å². The molecule has 2 heterocycles. The molecule has 0 N–H and O–H groups in total. The van der Waals surface area contributed by atoms with Crippen LogP contribution in [0.5, 0.6) is 0 Å². The van der Waals surface area contributed by atoms with Crippen molar-refractivity contribution in [2.24, 2.45) is 0 Å². The second kappa shape index (κ2) is 12.4. The molecule has 0 bridgehead atoms. The van der Waals surface area contributed by atoms with Gasteiger partial charge in [0, 0.05) is 18.4 Å². The third-order valence-electron chi connectivity index (χ3n) is 5.67. The molecule has 0 aliphatic heterocycles. The molecule has 0 amide bonds.